The van der Waals surface area contributed by atoms with Gasteiger partial charge in [-0.25, -0.2) is 21.6 Å². The van der Waals surface area contributed by atoms with Crippen molar-refractivity contribution in [1.29, 1.82) is 0 Å². The molecular weight excluding hydrogens is 242 g/mol. The zero-order valence-electron chi connectivity index (χ0n) is 8.38. The minimum absolute atomic E-state index is 0.0761. The van der Waals surface area contributed by atoms with Gasteiger partial charge in [0, 0.05) is 6.54 Å². The largest absolute Gasteiger partial charge is 0.392 e. The Bertz CT molecular complexity index is 411. The van der Waals surface area contributed by atoms with Gasteiger partial charge in [-0.1, -0.05) is 0 Å². The van der Waals surface area contributed by atoms with Crippen molar-refractivity contribution in [2.75, 3.05) is 18.1 Å². The van der Waals surface area contributed by atoms with Crippen molar-refractivity contribution in [3.05, 3.63) is 0 Å². The third kappa shape index (κ3) is 3.71. The van der Waals surface area contributed by atoms with Gasteiger partial charge >= 0.3 is 0 Å². The zero-order valence-corrected chi connectivity index (χ0v) is 10.0. The van der Waals surface area contributed by atoms with Crippen LogP contribution in [0.5, 0.6) is 0 Å². The van der Waals surface area contributed by atoms with Crippen LogP contribution in [0.2, 0.25) is 0 Å². The van der Waals surface area contributed by atoms with Crippen molar-refractivity contribution in [2.24, 2.45) is 0 Å². The summed E-state index contributed by atoms with van der Waals surface area (Å²) in [5, 5.41) is 8.04. The van der Waals surface area contributed by atoms with E-state index in [0.717, 1.165) is 0 Å². The highest BCUT2D eigenvalue weighted by Gasteiger charge is 2.36. The second-order valence-corrected chi connectivity index (χ2v) is 8.04. The molecule has 1 aliphatic heterocycles. The lowest BCUT2D eigenvalue weighted by molar-refractivity contribution is 0.198. The van der Waals surface area contributed by atoms with Crippen LogP contribution in [0.3, 0.4) is 0 Å². The van der Waals surface area contributed by atoms with E-state index in [0.29, 0.717) is 0 Å². The number of sulfonamides is 1. The molecule has 15 heavy (non-hydrogen) atoms. The van der Waals surface area contributed by atoms with Crippen molar-refractivity contribution >= 4 is 19.9 Å². The third-order valence-corrected chi connectivity index (χ3v) is 6.04. The Balaban J connectivity index is 2.64. The average Bonchev–Trinajstić information content (AvgIpc) is 2.43. The molecule has 8 heteroatoms. The molecule has 2 N–H and O–H groups in total. The molecule has 0 aromatic rings. The van der Waals surface area contributed by atoms with Crippen molar-refractivity contribution < 1.29 is 21.9 Å². The van der Waals surface area contributed by atoms with E-state index in [2.05, 4.69) is 4.72 Å². The molecule has 1 rings (SSSR count). The van der Waals surface area contributed by atoms with Gasteiger partial charge in [0.1, 0.15) is 0 Å². The van der Waals surface area contributed by atoms with Crippen molar-refractivity contribution in [3.63, 3.8) is 0 Å². The van der Waals surface area contributed by atoms with Gasteiger partial charge in [-0.2, -0.15) is 0 Å². The van der Waals surface area contributed by atoms with Crippen LogP contribution in [0.25, 0.3) is 0 Å². The molecule has 0 saturated carbocycles. The summed E-state index contributed by atoms with van der Waals surface area (Å²) in [4.78, 5) is 0. The fraction of sp³-hybridized carbons (Fsp3) is 1.00. The van der Waals surface area contributed by atoms with Gasteiger partial charge in [0.15, 0.2) is 9.84 Å². The Morgan fingerprint density at radius 3 is 2.53 bits per heavy atom. The van der Waals surface area contributed by atoms with Gasteiger partial charge in [0.05, 0.1) is 22.9 Å². The maximum atomic E-state index is 11.5. The number of hydrogen-bond donors (Lipinski definition) is 2. The van der Waals surface area contributed by atoms with Crippen molar-refractivity contribution in [3.8, 4) is 0 Å². The SMILES string of the molecule is C[C@H](O)CNS(=O)(=O)C1CCS(=O)(=O)C1. The summed E-state index contributed by atoms with van der Waals surface area (Å²) in [5.74, 6) is -0.393. The molecule has 0 aromatic heterocycles. The number of hydrogen-bond acceptors (Lipinski definition) is 5. The molecule has 0 spiro atoms. The molecule has 0 aromatic carbocycles. The molecule has 0 radical (unpaired) electrons. The summed E-state index contributed by atoms with van der Waals surface area (Å²) in [6.07, 6.45) is -0.643. The highest BCUT2D eigenvalue weighted by molar-refractivity contribution is 7.95. The first-order valence-corrected chi connectivity index (χ1v) is 7.97. The fourth-order valence-electron chi connectivity index (χ4n) is 1.36. The second kappa shape index (κ2) is 4.36. The first kappa shape index (κ1) is 12.9. The maximum absolute atomic E-state index is 11.5. The molecule has 2 atom stereocenters. The lowest BCUT2D eigenvalue weighted by atomic mass is 10.4. The lowest BCUT2D eigenvalue weighted by Gasteiger charge is -2.12. The summed E-state index contributed by atoms with van der Waals surface area (Å²) in [6, 6.07) is 0. The molecule has 1 heterocycles. The molecule has 1 saturated heterocycles. The summed E-state index contributed by atoms with van der Waals surface area (Å²) in [7, 11) is -6.81. The molecule has 0 amide bonds. The van der Waals surface area contributed by atoms with E-state index < -0.39 is 31.2 Å². The Morgan fingerprint density at radius 1 is 1.53 bits per heavy atom. The van der Waals surface area contributed by atoms with Crippen molar-refractivity contribution in [2.45, 2.75) is 24.7 Å². The minimum atomic E-state index is -3.62. The van der Waals surface area contributed by atoms with Crippen LogP contribution in [-0.2, 0) is 19.9 Å². The molecule has 1 unspecified atom stereocenters. The van der Waals surface area contributed by atoms with Crippen molar-refractivity contribution in [1.82, 2.24) is 4.72 Å². The van der Waals surface area contributed by atoms with Crippen LogP contribution < -0.4 is 4.72 Å². The normalized spacial score (nSPS) is 27.7. The van der Waals surface area contributed by atoms with E-state index in [9.17, 15) is 16.8 Å². The minimum Gasteiger partial charge on any atom is -0.392 e. The average molecular weight is 257 g/mol. The predicted octanol–water partition coefficient (Wildman–Crippen LogP) is -1.53. The van der Waals surface area contributed by atoms with Gasteiger partial charge in [-0.3, -0.25) is 0 Å². The van der Waals surface area contributed by atoms with E-state index in [-0.39, 0.29) is 24.5 Å². The highest BCUT2D eigenvalue weighted by atomic mass is 32.2. The van der Waals surface area contributed by atoms with E-state index in [1.165, 1.54) is 6.92 Å². The number of aliphatic hydroxyl groups excluding tert-OH is 1. The molecular formula is C7H15NO5S2. The van der Waals surface area contributed by atoms with E-state index in [1.807, 2.05) is 0 Å². The van der Waals surface area contributed by atoms with Crippen LogP contribution >= 0.6 is 0 Å². The van der Waals surface area contributed by atoms with Gasteiger partial charge < -0.3 is 5.11 Å². The first-order valence-electron chi connectivity index (χ1n) is 4.60. The van der Waals surface area contributed by atoms with Gasteiger partial charge in [-0.15, -0.1) is 0 Å². The molecule has 0 bridgehead atoms. The molecule has 1 aliphatic rings. The van der Waals surface area contributed by atoms with Crippen LogP contribution in [0.15, 0.2) is 0 Å². The maximum Gasteiger partial charge on any atom is 0.215 e. The number of sulfone groups is 1. The predicted molar refractivity (Wildman–Crippen MR) is 55.7 cm³/mol. The Kier molecular flexibility index (Phi) is 3.75. The Hall–Kier alpha value is -0.180. The Morgan fingerprint density at radius 2 is 2.13 bits per heavy atom. The molecule has 6 nitrogen and oxygen atoms in total. The second-order valence-electron chi connectivity index (χ2n) is 3.77. The highest BCUT2D eigenvalue weighted by Crippen LogP contribution is 2.17. The lowest BCUT2D eigenvalue weighted by Crippen LogP contribution is -2.38. The monoisotopic (exact) mass is 257 g/mol. The summed E-state index contributed by atoms with van der Waals surface area (Å²) >= 11 is 0. The topological polar surface area (TPSA) is 101 Å². The molecule has 90 valence electrons. The number of nitrogens with one attached hydrogen (secondary N) is 1. The van der Waals surface area contributed by atoms with Gasteiger partial charge in [0.25, 0.3) is 0 Å². The summed E-state index contributed by atoms with van der Waals surface area (Å²) < 4.78 is 47.4. The molecule has 1 fully saturated rings. The summed E-state index contributed by atoms with van der Waals surface area (Å²) in [6.45, 7) is 1.37. The third-order valence-electron chi connectivity index (χ3n) is 2.21. The van der Waals surface area contributed by atoms with Gasteiger partial charge in [-0.05, 0) is 13.3 Å². The summed E-state index contributed by atoms with van der Waals surface area (Å²) in [5.41, 5.74) is 0. The van der Waals surface area contributed by atoms with E-state index in [4.69, 9.17) is 5.11 Å². The smallest absolute Gasteiger partial charge is 0.215 e. The van der Waals surface area contributed by atoms with Gasteiger partial charge in [0.2, 0.25) is 10.0 Å². The first-order chi connectivity index (χ1) is 6.73. The van der Waals surface area contributed by atoms with E-state index in [1.54, 1.807) is 0 Å². The van der Waals surface area contributed by atoms with Crippen LogP contribution in [-0.4, -0.2) is 51.3 Å². The Labute approximate surface area is 89.7 Å². The zero-order chi connectivity index (χ0) is 11.7. The molecule has 0 aliphatic carbocycles. The fourth-order valence-corrected chi connectivity index (χ4v) is 5.53. The number of aliphatic hydroxyl groups is 1. The van der Waals surface area contributed by atoms with Crippen LogP contribution in [0.4, 0.5) is 0 Å². The van der Waals surface area contributed by atoms with Crippen LogP contribution in [0, 0.1) is 0 Å². The van der Waals surface area contributed by atoms with E-state index >= 15 is 0 Å². The van der Waals surface area contributed by atoms with Crippen LogP contribution in [0.1, 0.15) is 13.3 Å². The quantitative estimate of drug-likeness (QED) is 0.636. The standard InChI is InChI=1S/C7H15NO5S2/c1-6(9)4-8-15(12,13)7-2-3-14(10,11)5-7/h6-9H,2-5H2,1H3/t6-,7?/m0/s1. The number of rotatable bonds is 4.